The van der Waals surface area contributed by atoms with Crippen LogP contribution in [-0.2, 0) is 6.18 Å². The Hall–Kier alpha value is -1.90. The van der Waals surface area contributed by atoms with Crippen LogP contribution in [0.25, 0.3) is 5.78 Å². The summed E-state index contributed by atoms with van der Waals surface area (Å²) in [4.78, 5) is 7.20. The van der Waals surface area contributed by atoms with Crippen molar-refractivity contribution >= 4 is 11.6 Å². The average Bonchev–Trinajstić information content (AvgIpc) is 2.88. The zero-order valence-corrected chi connectivity index (χ0v) is 11.8. The molecule has 2 heterocycles. The second-order valence-corrected chi connectivity index (χ2v) is 5.68. The summed E-state index contributed by atoms with van der Waals surface area (Å²) in [6, 6.07) is 0.937. The lowest BCUT2D eigenvalue weighted by molar-refractivity contribution is -0.141. The molecule has 0 unspecified atom stereocenters. The Labute approximate surface area is 124 Å². The summed E-state index contributed by atoms with van der Waals surface area (Å²) in [6.07, 6.45) is 0.253. The Morgan fingerprint density at radius 3 is 2.73 bits per heavy atom. The fourth-order valence-electron chi connectivity index (χ4n) is 2.79. The maximum Gasteiger partial charge on any atom is 0.433 e. The molecule has 1 aliphatic carbocycles. The van der Waals surface area contributed by atoms with Gasteiger partial charge < -0.3 is 10.4 Å². The van der Waals surface area contributed by atoms with Gasteiger partial charge in [0.1, 0.15) is 12.1 Å². The number of hydrogen-bond acceptors (Lipinski definition) is 5. The van der Waals surface area contributed by atoms with Gasteiger partial charge in [-0.1, -0.05) is 6.42 Å². The molecule has 0 saturated heterocycles. The molecule has 0 amide bonds. The normalized spacial score (nSPS) is 17.5. The first-order valence-corrected chi connectivity index (χ1v) is 7.06. The highest BCUT2D eigenvalue weighted by atomic mass is 19.4. The van der Waals surface area contributed by atoms with Crippen LogP contribution in [0.2, 0.25) is 0 Å². The molecule has 0 spiro atoms. The average molecular weight is 315 g/mol. The minimum absolute atomic E-state index is 0.0523. The zero-order chi connectivity index (χ0) is 15.8. The fourth-order valence-corrected chi connectivity index (χ4v) is 2.79. The van der Waals surface area contributed by atoms with Gasteiger partial charge in [-0.2, -0.15) is 27.8 Å². The number of anilines is 1. The predicted molar refractivity (Wildman–Crippen MR) is 72.3 cm³/mol. The molecule has 0 bridgehead atoms. The highest BCUT2D eigenvalue weighted by Gasteiger charge is 2.37. The molecule has 120 valence electrons. The van der Waals surface area contributed by atoms with Crippen LogP contribution >= 0.6 is 0 Å². The molecule has 6 nitrogen and oxygen atoms in total. The molecule has 9 heteroatoms. The second kappa shape index (κ2) is 5.38. The maximum absolute atomic E-state index is 12.9. The lowest BCUT2D eigenvalue weighted by Crippen LogP contribution is -2.37. The third kappa shape index (κ3) is 2.72. The molecule has 2 aromatic heterocycles. The van der Waals surface area contributed by atoms with Crippen LogP contribution in [0, 0.1) is 5.41 Å². The number of halogens is 3. The number of fused-ring (bicyclic) bond motifs is 1. The molecule has 0 aromatic carbocycles. The summed E-state index contributed by atoms with van der Waals surface area (Å²) >= 11 is 0. The number of aliphatic hydroxyl groups is 1. The van der Waals surface area contributed by atoms with Crippen molar-refractivity contribution in [3.63, 3.8) is 0 Å². The first kappa shape index (κ1) is 15.0. The molecule has 1 fully saturated rings. The molecule has 3 rings (SSSR count). The molecule has 1 saturated carbocycles. The number of hydrogen-bond donors (Lipinski definition) is 2. The zero-order valence-electron chi connectivity index (χ0n) is 11.8. The van der Waals surface area contributed by atoms with Crippen molar-refractivity contribution in [1.29, 1.82) is 0 Å². The quantitative estimate of drug-likeness (QED) is 0.884. The van der Waals surface area contributed by atoms with E-state index < -0.39 is 11.9 Å². The molecule has 1 aliphatic rings. The highest BCUT2D eigenvalue weighted by Crippen LogP contribution is 2.43. The van der Waals surface area contributed by atoms with Gasteiger partial charge in [0.15, 0.2) is 5.69 Å². The van der Waals surface area contributed by atoms with Gasteiger partial charge in [-0.3, -0.25) is 0 Å². The SMILES string of the molecule is OCCC1(CNc2cc(C(F)(F)F)nc3ncnn23)CCC1. The summed E-state index contributed by atoms with van der Waals surface area (Å²) in [5.41, 5.74) is -1.05. The van der Waals surface area contributed by atoms with E-state index in [2.05, 4.69) is 20.4 Å². The summed E-state index contributed by atoms with van der Waals surface area (Å²) < 4.78 is 39.9. The van der Waals surface area contributed by atoms with Crippen LogP contribution in [0.3, 0.4) is 0 Å². The fraction of sp³-hybridized carbons (Fsp3) is 0.615. The third-order valence-corrected chi connectivity index (χ3v) is 4.24. The Morgan fingerprint density at radius 1 is 1.36 bits per heavy atom. The van der Waals surface area contributed by atoms with E-state index in [-0.39, 0.29) is 23.6 Å². The van der Waals surface area contributed by atoms with Gasteiger partial charge in [-0.05, 0) is 24.7 Å². The maximum atomic E-state index is 12.9. The Kier molecular flexibility index (Phi) is 3.67. The van der Waals surface area contributed by atoms with E-state index in [1.165, 1.54) is 10.8 Å². The molecule has 0 atom stereocenters. The first-order chi connectivity index (χ1) is 10.4. The van der Waals surface area contributed by atoms with Crippen LogP contribution in [-0.4, -0.2) is 37.8 Å². The molecule has 2 N–H and O–H groups in total. The summed E-state index contributed by atoms with van der Waals surface area (Å²) in [7, 11) is 0. The van der Waals surface area contributed by atoms with Crippen molar-refractivity contribution in [3.8, 4) is 0 Å². The molecular formula is C13H16F3N5O. The summed E-state index contributed by atoms with van der Waals surface area (Å²) in [6.45, 7) is 0.564. The van der Waals surface area contributed by atoms with E-state index in [0.717, 1.165) is 25.3 Å². The largest absolute Gasteiger partial charge is 0.433 e. The van der Waals surface area contributed by atoms with Crippen LogP contribution in [0.15, 0.2) is 12.4 Å². The standard InChI is InChI=1S/C13H16F3N5O/c14-13(15,16)9-6-10(21-11(20-9)18-8-19-21)17-7-12(4-5-22)2-1-3-12/h6,8,17,22H,1-5,7H2. The van der Waals surface area contributed by atoms with E-state index in [9.17, 15) is 13.2 Å². The number of aliphatic hydroxyl groups excluding tert-OH is 1. The van der Waals surface area contributed by atoms with E-state index in [4.69, 9.17) is 5.11 Å². The smallest absolute Gasteiger partial charge is 0.396 e. The third-order valence-electron chi connectivity index (χ3n) is 4.24. The topological polar surface area (TPSA) is 75.3 Å². The minimum atomic E-state index is -4.54. The van der Waals surface area contributed by atoms with Gasteiger partial charge >= 0.3 is 6.18 Å². The van der Waals surface area contributed by atoms with Crippen molar-refractivity contribution in [1.82, 2.24) is 19.6 Å². The van der Waals surface area contributed by atoms with Gasteiger partial charge in [0.2, 0.25) is 0 Å². The molecule has 0 aliphatic heterocycles. The lowest BCUT2D eigenvalue weighted by atomic mass is 9.67. The van der Waals surface area contributed by atoms with Crippen LogP contribution < -0.4 is 5.32 Å². The Bertz CT molecular complexity index is 665. The number of aromatic nitrogens is 4. The van der Waals surface area contributed by atoms with Gasteiger partial charge in [-0.15, -0.1) is 0 Å². The van der Waals surface area contributed by atoms with Crippen molar-refractivity contribution in [3.05, 3.63) is 18.1 Å². The molecular weight excluding hydrogens is 299 g/mol. The summed E-state index contributed by atoms with van der Waals surface area (Å²) in [5.74, 6) is 0.112. The lowest BCUT2D eigenvalue weighted by Gasteiger charge is -2.42. The monoisotopic (exact) mass is 315 g/mol. The Morgan fingerprint density at radius 2 is 2.14 bits per heavy atom. The predicted octanol–water partition coefficient (Wildman–Crippen LogP) is 2.11. The number of nitrogens with one attached hydrogen (secondary N) is 1. The van der Waals surface area contributed by atoms with Crippen molar-refractivity contribution in [2.24, 2.45) is 5.41 Å². The number of nitrogens with zero attached hydrogens (tertiary/aromatic N) is 4. The van der Waals surface area contributed by atoms with Crippen molar-refractivity contribution in [2.45, 2.75) is 31.9 Å². The van der Waals surface area contributed by atoms with Crippen LogP contribution in [0.1, 0.15) is 31.4 Å². The molecule has 2 aromatic rings. The van der Waals surface area contributed by atoms with Crippen molar-refractivity contribution in [2.75, 3.05) is 18.5 Å². The molecule has 22 heavy (non-hydrogen) atoms. The van der Waals surface area contributed by atoms with Crippen LogP contribution in [0.5, 0.6) is 0 Å². The van der Waals surface area contributed by atoms with Gasteiger partial charge in [-0.25, -0.2) is 4.98 Å². The number of rotatable bonds is 5. The second-order valence-electron chi connectivity index (χ2n) is 5.68. The van der Waals surface area contributed by atoms with Crippen molar-refractivity contribution < 1.29 is 18.3 Å². The van der Waals surface area contributed by atoms with E-state index in [1.54, 1.807) is 0 Å². The highest BCUT2D eigenvalue weighted by molar-refractivity contribution is 5.45. The van der Waals surface area contributed by atoms with Crippen LogP contribution in [0.4, 0.5) is 19.0 Å². The van der Waals surface area contributed by atoms with E-state index in [1.807, 2.05) is 0 Å². The van der Waals surface area contributed by atoms with E-state index in [0.29, 0.717) is 13.0 Å². The van der Waals surface area contributed by atoms with Gasteiger partial charge in [0.05, 0.1) is 0 Å². The Balaban J connectivity index is 1.87. The van der Waals surface area contributed by atoms with E-state index >= 15 is 0 Å². The molecule has 0 radical (unpaired) electrons. The number of alkyl halides is 3. The van der Waals surface area contributed by atoms with Gasteiger partial charge in [0.25, 0.3) is 5.78 Å². The summed E-state index contributed by atoms with van der Waals surface area (Å²) in [5, 5.41) is 16.1. The first-order valence-electron chi connectivity index (χ1n) is 7.06. The van der Waals surface area contributed by atoms with Gasteiger partial charge in [0, 0.05) is 19.2 Å². The minimum Gasteiger partial charge on any atom is -0.396 e.